The maximum absolute atomic E-state index is 6.20. The fourth-order valence-corrected chi connectivity index (χ4v) is 3.93. The lowest BCUT2D eigenvalue weighted by atomic mass is 10.1. The molecule has 0 saturated carbocycles. The van der Waals surface area contributed by atoms with Gasteiger partial charge in [0, 0.05) is 49.2 Å². The zero-order valence-corrected chi connectivity index (χ0v) is 21.4. The van der Waals surface area contributed by atoms with Crippen molar-refractivity contribution in [1.82, 2.24) is 15.6 Å². The van der Waals surface area contributed by atoms with E-state index in [0.29, 0.717) is 13.2 Å². The standard InChI is InChI=1S/C25H32N4O2.HI/c1-17-5-7-22-19(14-28-23(22)12-17)8-10-27-25(26-3)29-15-20-6-4-18(2)13-24(20)31-21-9-11-30-16-21;/h4-7,12-14,21,28H,8-11,15-16H2,1-3H3,(H2,26,27,29);1H. The third-order valence-corrected chi connectivity index (χ3v) is 5.68. The van der Waals surface area contributed by atoms with Gasteiger partial charge in [-0.2, -0.15) is 0 Å². The molecule has 0 aliphatic carbocycles. The van der Waals surface area contributed by atoms with Gasteiger partial charge in [0.1, 0.15) is 11.9 Å². The number of aromatic amines is 1. The Morgan fingerprint density at radius 2 is 1.94 bits per heavy atom. The van der Waals surface area contributed by atoms with Crippen molar-refractivity contribution in [2.75, 3.05) is 26.8 Å². The molecule has 1 aliphatic heterocycles. The van der Waals surface area contributed by atoms with E-state index in [0.717, 1.165) is 43.3 Å². The number of aliphatic imine (C=N–C) groups is 1. The Bertz CT molecular complexity index is 1060. The van der Waals surface area contributed by atoms with Gasteiger partial charge in [0.2, 0.25) is 0 Å². The summed E-state index contributed by atoms with van der Waals surface area (Å²) in [7, 11) is 1.80. The summed E-state index contributed by atoms with van der Waals surface area (Å²) in [5.74, 6) is 1.71. The minimum atomic E-state index is 0. The highest BCUT2D eigenvalue weighted by atomic mass is 127. The van der Waals surface area contributed by atoms with E-state index in [-0.39, 0.29) is 30.1 Å². The van der Waals surface area contributed by atoms with Gasteiger partial charge in [-0.1, -0.05) is 24.3 Å². The Balaban J connectivity index is 0.00000289. The van der Waals surface area contributed by atoms with Crippen molar-refractivity contribution in [2.24, 2.45) is 4.99 Å². The maximum Gasteiger partial charge on any atom is 0.191 e. The van der Waals surface area contributed by atoms with Gasteiger partial charge in [0.25, 0.3) is 0 Å². The number of aryl methyl sites for hydroxylation is 2. The molecule has 172 valence electrons. The van der Waals surface area contributed by atoms with Crippen LogP contribution in [0.25, 0.3) is 10.9 Å². The number of guanidine groups is 1. The van der Waals surface area contributed by atoms with Crippen LogP contribution in [0.2, 0.25) is 0 Å². The number of fused-ring (bicyclic) bond motifs is 1. The average Bonchev–Trinajstić information content (AvgIpc) is 3.41. The third-order valence-electron chi connectivity index (χ3n) is 5.68. The van der Waals surface area contributed by atoms with Crippen molar-refractivity contribution in [1.29, 1.82) is 0 Å². The lowest BCUT2D eigenvalue weighted by Gasteiger charge is -2.18. The number of ether oxygens (including phenoxy) is 2. The summed E-state index contributed by atoms with van der Waals surface area (Å²) in [6.07, 6.45) is 4.10. The smallest absolute Gasteiger partial charge is 0.191 e. The zero-order chi connectivity index (χ0) is 21.6. The van der Waals surface area contributed by atoms with Gasteiger partial charge in [-0.05, 0) is 49.1 Å². The lowest BCUT2D eigenvalue weighted by molar-refractivity contribution is 0.140. The van der Waals surface area contributed by atoms with Gasteiger partial charge in [-0.15, -0.1) is 24.0 Å². The first-order chi connectivity index (χ1) is 15.1. The number of aromatic nitrogens is 1. The summed E-state index contributed by atoms with van der Waals surface area (Å²) >= 11 is 0. The molecule has 1 saturated heterocycles. The van der Waals surface area contributed by atoms with E-state index >= 15 is 0 Å². The van der Waals surface area contributed by atoms with Gasteiger partial charge in [0.05, 0.1) is 13.2 Å². The highest BCUT2D eigenvalue weighted by Crippen LogP contribution is 2.24. The molecule has 1 fully saturated rings. The fraction of sp³-hybridized carbons (Fsp3) is 0.400. The van der Waals surface area contributed by atoms with E-state index in [9.17, 15) is 0 Å². The zero-order valence-electron chi connectivity index (χ0n) is 19.0. The number of halogens is 1. The Hall–Kier alpha value is -2.26. The quantitative estimate of drug-likeness (QED) is 0.232. The average molecular weight is 548 g/mol. The van der Waals surface area contributed by atoms with E-state index in [1.165, 1.54) is 27.6 Å². The fourth-order valence-electron chi connectivity index (χ4n) is 3.93. The Morgan fingerprint density at radius 1 is 1.12 bits per heavy atom. The summed E-state index contributed by atoms with van der Waals surface area (Å²) in [6.45, 7) is 7.09. The topological polar surface area (TPSA) is 70.7 Å². The number of rotatable bonds is 7. The normalized spacial score (nSPS) is 16.1. The van der Waals surface area contributed by atoms with E-state index in [4.69, 9.17) is 9.47 Å². The number of benzene rings is 2. The summed E-state index contributed by atoms with van der Waals surface area (Å²) in [5.41, 5.74) is 6.08. The summed E-state index contributed by atoms with van der Waals surface area (Å²) in [5, 5.41) is 8.12. The molecule has 0 bridgehead atoms. The Morgan fingerprint density at radius 3 is 2.72 bits per heavy atom. The largest absolute Gasteiger partial charge is 0.488 e. The molecule has 2 aromatic carbocycles. The molecule has 0 amide bonds. The van der Waals surface area contributed by atoms with E-state index < -0.39 is 0 Å². The van der Waals surface area contributed by atoms with Crippen LogP contribution in [0.4, 0.5) is 0 Å². The highest BCUT2D eigenvalue weighted by Gasteiger charge is 2.18. The maximum atomic E-state index is 6.20. The predicted octanol–water partition coefficient (Wildman–Crippen LogP) is 4.48. The molecule has 3 aromatic rings. The number of nitrogens with one attached hydrogen (secondary N) is 3. The van der Waals surface area contributed by atoms with Gasteiger partial charge in [-0.3, -0.25) is 4.99 Å². The molecule has 3 N–H and O–H groups in total. The van der Waals surface area contributed by atoms with Gasteiger partial charge in [0.15, 0.2) is 5.96 Å². The molecular formula is C25H33IN4O2. The van der Waals surface area contributed by atoms with Crippen LogP contribution in [-0.4, -0.2) is 43.9 Å². The number of hydrogen-bond donors (Lipinski definition) is 3. The summed E-state index contributed by atoms with van der Waals surface area (Å²) in [4.78, 5) is 7.74. The van der Waals surface area contributed by atoms with Crippen molar-refractivity contribution >= 4 is 40.8 Å². The lowest BCUT2D eigenvalue weighted by Crippen LogP contribution is -2.38. The number of H-pyrrole nitrogens is 1. The molecule has 0 radical (unpaired) electrons. The van der Waals surface area contributed by atoms with Crippen molar-refractivity contribution in [3.63, 3.8) is 0 Å². The van der Waals surface area contributed by atoms with E-state index in [1.54, 1.807) is 7.05 Å². The second-order valence-corrected chi connectivity index (χ2v) is 8.18. The van der Waals surface area contributed by atoms with Gasteiger partial charge >= 0.3 is 0 Å². The van der Waals surface area contributed by atoms with Crippen LogP contribution < -0.4 is 15.4 Å². The third kappa shape index (κ3) is 6.16. The number of hydrogen-bond acceptors (Lipinski definition) is 3. The van der Waals surface area contributed by atoms with Crippen molar-refractivity contribution in [3.05, 3.63) is 64.8 Å². The molecular weight excluding hydrogens is 515 g/mol. The summed E-state index contributed by atoms with van der Waals surface area (Å²) < 4.78 is 11.7. The molecule has 1 aliphatic rings. The van der Waals surface area contributed by atoms with Crippen molar-refractivity contribution in [2.45, 2.75) is 39.3 Å². The van der Waals surface area contributed by atoms with E-state index in [2.05, 4.69) is 77.1 Å². The highest BCUT2D eigenvalue weighted by molar-refractivity contribution is 14.0. The minimum Gasteiger partial charge on any atom is -0.488 e. The molecule has 1 unspecified atom stereocenters. The minimum absolute atomic E-state index is 0. The van der Waals surface area contributed by atoms with Crippen LogP contribution in [0.15, 0.2) is 47.6 Å². The van der Waals surface area contributed by atoms with Crippen molar-refractivity contribution in [3.8, 4) is 5.75 Å². The van der Waals surface area contributed by atoms with Crippen molar-refractivity contribution < 1.29 is 9.47 Å². The molecule has 32 heavy (non-hydrogen) atoms. The Kier molecular flexibility index (Phi) is 8.81. The van der Waals surface area contributed by atoms with Crippen LogP contribution in [0, 0.1) is 13.8 Å². The first-order valence-corrected chi connectivity index (χ1v) is 11.0. The molecule has 7 heteroatoms. The van der Waals surface area contributed by atoms with E-state index in [1.807, 2.05) is 0 Å². The molecule has 0 spiro atoms. The van der Waals surface area contributed by atoms with Gasteiger partial charge in [-0.25, -0.2) is 0 Å². The molecule has 1 atom stereocenters. The molecule has 1 aromatic heterocycles. The van der Waals surface area contributed by atoms with Crippen LogP contribution in [0.3, 0.4) is 0 Å². The second kappa shape index (κ2) is 11.6. The predicted molar refractivity (Wildman–Crippen MR) is 141 cm³/mol. The number of nitrogens with zero attached hydrogens (tertiary/aromatic N) is 1. The van der Waals surface area contributed by atoms with Gasteiger partial charge < -0.3 is 25.1 Å². The molecule has 6 nitrogen and oxygen atoms in total. The second-order valence-electron chi connectivity index (χ2n) is 8.18. The monoisotopic (exact) mass is 548 g/mol. The SMILES string of the molecule is CN=C(NCCc1c[nH]c2cc(C)ccc12)NCc1ccc(C)cc1OC1CCOC1.I. The van der Waals surface area contributed by atoms with Crippen LogP contribution in [0.1, 0.15) is 28.7 Å². The molecule has 4 rings (SSSR count). The summed E-state index contributed by atoms with van der Waals surface area (Å²) in [6, 6.07) is 12.9. The Labute approximate surface area is 207 Å². The van der Waals surface area contributed by atoms with Crippen LogP contribution >= 0.6 is 24.0 Å². The first-order valence-electron chi connectivity index (χ1n) is 11.0. The first kappa shape index (κ1) is 24.4. The van der Waals surface area contributed by atoms with Crippen LogP contribution in [0.5, 0.6) is 5.75 Å². The van der Waals surface area contributed by atoms with Crippen LogP contribution in [-0.2, 0) is 17.7 Å². The molecule has 2 heterocycles.